The Kier molecular flexibility index (Phi) is 5.45. The van der Waals surface area contributed by atoms with E-state index in [1.54, 1.807) is 0 Å². The zero-order valence-corrected chi connectivity index (χ0v) is 13.4. The van der Waals surface area contributed by atoms with Gasteiger partial charge in [-0.15, -0.1) is 0 Å². The molecule has 1 unspecified atom stereocenters. The zero-order chi connectivity index (χ0) is 18.7. The molecule has 138 valence electrons. The summed E-state index contributed by atoms with van der Waals surface area (Å²) in [7, 11) is 0. The summed E-state index contributed by atoms with van der Waals surface area (Å²) in [6, 6.07) is 0.0654. The zero-order valence-electron chi connectivity index (χ0n) is 13.4. The standard InChI is InChI=1S/C16H15F3N4O3/c17-12-8(5-9(13(18)14(12)19)16-25-3-4-26-16)15(20)23-11(7-24)10-6-21-1-2-22-10/h1-2,5-6,11,16,24H,3-4,7H2,(H2,20,23). The minimum Gasteiger partial charge on any atom is -0.394 e. The third kappa shape index (κ3) is 3.52. The van der Waals surface area contributed by atoms with Crippen LogP contribution in [0.15, 0.2) is 24.7 Å². The third-order valence-corrected chi connectivity index (χ3v) is 3.76. The van der Waals surface area contributed by atoms with Gasteiger partial charge in [-0.1, -0.05) is 0 Å². The number of nitrogens with one attached hydrogen (secondary N) is 2. The van der Waals surface area contributed by atoms with E-state index in [-0.39, 0.29) is 18.8 Å². The van der Waals surface area contributed by atoms with Gasteiger partial charge < -0.3 is 19.9 Å². The lowest BCUT2D eigenvalue weighted by atomic mass is 10.1. The summed E-state index contributed by atoms with van der Waals surface area (Å²) in [5, 5.41) is 20.0. The maximum atomic E-state index is 14.2. The summed E-state index contributed by atoms with van der Waals surface area (Å²) in [4.78, 5) is 7.82. The van der Waals surface area contributed by atoms with E-state index < -0.39 is 47.8 Å². The predicted octanol–water partition coefficient (Wildman–Crippen LogP) is 1.59. The van der Waals surface area contributed by atoms with Gasteiger partial charge in [0.05, 0.1) is 43.3 Å². The van der Waals surface area contributed by atoms with Crippen molar-refractivity contribution in [2.24, 2.45) is 0 Å². The first-order chi connectivity index (χ1) is 12.5. The highest BCUT2D eigenvalue weighted by Crippen LogP contribution is 2.30. The summed E-state index contributed by atoms with van der Waals surface area (Å²) in [6.07, 6.45) is 2.99. The number of aromatic nitrogens is 2. The number of nitrogens with zero attached hydrogens (tertiary/aromatic N) is 2. The number of benzene rings is 1. The van der Waals surface area contributed by atoms with Crippen LogP contribution in [0.2, 0.25) is 0 Å². The van der Waals surface area contributed by atoms with Crippen LogP contribution in [0.1, 0.15) is 29.2 Å². The SMILES string of the molecule is N=C(NC(CO)c1cnccn1)c1cc(C2OCCO2)c(F)c(F)c1F. The van der Waals surface area contributed by atoms with E-state index in [4.69, 9.17) is 14.9 Å². The minimum atomic E-state index is -1.73. The van der Waals surface area contributed by atoms with Gasteiger partial charge in [0, 0.05) is 18.0 Å². The normalized spacial score (nSPS) is 15.8. The highest BCUT2D eigenvalue weighted by Gasteiger charge is 2.29. The van der Waals surface area contributed by atoms with Gasteiger partial charge in [0.15, 0.2) is 23.7 Å². The third-order valence-electron chi connectivity index (χ3n) is 3.76. The summed E-state index contributed by atoms with van der Waals surface area (Å²) >= 11 is 0. The van der Waals surface area contributed by atoms with E-state index >= 15 is 0 Å². The van der Waals surface area contributed by atoms with Gasteiger partial charge in [-0.2, -0.15) is 0 Å². The molecule has 1 atom stereocenters. The second-order valence-electron chi connectivity index (χ2n) is 5.41. The Morgan fingerprint density at radius 1 is 1.23 bits per heavy atom. The molecular weight excluding hydrogens is 353 g/mol. The first-order valence-corrected chi connectivity index (χ1v) is 7.65. The lowest BCUT2D eigenvalue weighted by Crippen LogP contribution is -2.32. The van der Waals surface area contributed by atoms with E-state index in [2.05, 4.69) is 15.3 Å². The first kappa shape index (κ1) is 18.2. The molecule has 10 heteroatoms. The summed E-state index contributed by atoms with van der Waals surface area (Å²) in [5.41, 5.74) is -0.575. The van der Waals surface area contributed by atoms with Crippen LogP contribution in [0.4, 0.5) is 13.2 Å². The van der Waals surface area contributed by atoms with Crippen LogP contribution in [0.25, 0.3) is 0 Å². The Labute approximate surface area is 146 Å². The molecule has 0 amide bonds. The number of amidine groups is 1. The lowest BCUT2D eigenvalue weighted by Gasteiger charge is -2.19. The smallest absolute Gasteiger partial charge is 0.195 e. The highest BCUT2D eigenvalue weighted by molar-refractivity contribution is 5.97. The number of ether oxygens (including phenoxy) is 2. The average molecular weight is 368 g/mol. The van der Waals surface area contributed by atoms with Gasteiger partial charge in [-0.3, -0.25) is 15.4 Å². The monoisotopic (exact) mass is 368 g/mol. The van der Waals surface area contributed by atoms with Gasteiger partial charge >= 0.3 is 0 Å². The molecule has 3 rings (SSSR count). The molecule has 0 saturated carbocycles. The van der Waals surface area contributed by atoms with Gasteiger partial charge in [-0.05, 0) is 6.07 Å². The Balaban J connectivity index is 1.91. The number of rotatable bonds is 5. The van der Waals surface area contributed by atoms with Crippen molar-refractivity contribution in [1.29, 1.82) is 5.41 Å². The number of halogens is 3. The molecule has 0 spiro atoms. The van der Waals surface area contributed by atoms with Gasteiger partial charge in [0.1, 0.15) is 5.84 Å². The second kappa shape index (κ2) is 7.77. The van der Waals surface area contributed by atoms with Crippen molar-refractivity contribution < 1.29 is 27.8 Å². The molecule has 1 aliphatic heterocycles. The maximum Gasteiger partial charge on any atom is 0.195 e. The van der Waals surface area contributed by atoms with Crippen LogP contribution in [0, 0.1) is 22.9 Å². The number of aliphatic hydroxyl groups excluding tert-OH is 1. The van der Waals surface area contributed by atoms with Crippen LogP contribution in [-0.4, -0.2) is 40.7 Å². The second-order valence-corrected chi connectivity index (χ2v) is 5.41. The molecule has 1 saturated heterocycles. The molecule has 1 aromatic heterocycles. The van der Waals surface area contributed by atoms with Crippen molar-refractivity contribution in [3.05, 3.63) is 58.9 Å². The maximum absolute atomic E-state index is 14.2. The van der Waals surface area contributed by atoms with Crippen molar-refractivity contribution in [2.75, 3.05) is 19.8 Å². The van der Waals surface area contributed by atoms with Gasteiger partial charge in [0.2, 0.25) is 0 Å². The molecule has 0 aliphatic carbocycles. The van der Waals surface area contributed by atoms with Crippen LogP contribution < -0.4 is 5.32 Å². The van der Waals surface area contributed by atoms with Crippen LogP contribution in [0.3, 0.4) is 0 Å². The summed E-state index contributed by atoms with van der Waals surface area (Å²) < 4.78 is 52.4. The topological polar surface area (TPSA) is 100 Å². The number of hydrogen-bond acceptors (Lipinski definition) is 6. The first-order valence-electron chi connectivity index (χ1n) is 7.65. The van der Waals surface area contributed by atoms with Gasteiger partial charge in [0.25, 0.3) is 0 Å². The predicted molar refractivity (Wildman–Crippen MR) is 82.8 cm³/mol. The summed E-state index contributed by atoms with van der Waals surface area (Å²) in [6.45, 7) is -0.102. The van der Waals surface area contributed by atoms with Crippen LogP contribution in [-0.2, 0) is 9.47 Å². The Morgan fingerprint density at radius 3 is 2.58 bits per heavy atom. The molecule has 0 radical (unpaired) electrons. The van der Waals surface area contributed by atoms with E-state index in [1.807, 2.05) is 0 Å². The Morgan fingerprint density at radius 2 is 1.96 bits per heavy atom. The fraction of sp³-hybridized carbons (Fsp3) is 0.312. The van der Waals surface area contributed by atoms with E-state index in [1.165, 1.54) is 18.6 Å². The fourth-order valence-corrected chi connectivity index (χ4v) is 2.47. The number of hydrogen-bond donors (Lipinski definition) is 3. The van der Waals surface area contributed by atoms with Crippen molar-refractivity contribution in [3.8, 4) is 0 Å². The molecule has 2 heterocycles. The van der Waals surface area contributed by atoms with Crippen molar-refractivity contribution in [3.63, 3.8) is 0 Å². The Hall–Kier alpha value is -2.56. The molecule has 1 aliphatic rings. The molecule has 26 heavy (non-hydrogen) atoms. The van der Waals surface area contributed by atoms with Gasteiger partial charge in [-0.25, -0.2) is 13.2 Å². The fourth-order valence-electron chi connectivity index (χ4n) is 2.47. The summed E-state index contributed by atoms with van der Waals surface area (Å²) in [5.74, 6) is -5.26. The van der Waals surface area contributed by atoms with E-state index in [0.29, 0.717) is 5.69 Å². The Bertz CT molecular complexity index is 801. The van der Waals surface area contributed by atoms with Crippen molar-refractivity contribution in [2.45, 2.75) is 12.3 Å². The van der Waals surface area contributed by atoms with Crippen LogP contribution in [0.5, 0.6) is 0 Å². The minimum absolute atomic E-state index is 0.188. The van der Waals surface area contributed by atoms with E-state index in [9.17, 15) is 18.3 Å². The van der Waals surface area contributed by atoms with Crippen LogP contribution >= 0.6 is 0 Å². The quantitative estimate of drug-likeness (QED) is 0.421. The molecule has 3 N–H and O–H groups in total. The van der Waals surface area contributed by atoms with E-state index in [0.717, 1.165) is 6.07 Å². The number of aliphatic hydroxyl groups is 1. The van der Waals surface area contributed by atoms with Crippen molar-refractivity contribution in [1.82, 2.24) is 15.3 Å². The molecular formula is C16H15F3N4O3. The molecule has 1 aromatic carbocycles. The lowest BCUT2D eigenvalue weighted by molar-refractivity contribution is -0.0469. The molecule has 1 fully saturated rings. The molecule has 2 aromatic rings. The highest BCUT2D eigenvalue weighted by atomic mass is 19.2. The largest absolute Gasteiger partial charge is 0.394 e. The average Bonchev–Trinajstić information content (AvgIpc) is 3.19. The molecule has 7 nitrogen and oxygen atoms in total. The molecule has 0 bridgehead atoms. The van der Waals surface area contributed by atoms with Crippen molar-refractivity contribution >= 4 is 5.84 Å².